The molecule has 0 spiro atoms. The van der Waals surface area contributed by atoms with Crippen LogP contribution in [0, 0.1) is 6.92 Å². The second-order valence-corrected chi connectivity index (χ2v) is 4.59. The average Bonchev–Trinajstić information content (AvgIpc) is 2.40. The summed E-state index contributed by atoms with van der Waals surface area (Å²) >= 11 is 5.88. The zero-order valence-electron chi connectivity index (χ0n) is 10.7. The summed E-state index contributed by atoms with van der Waals surface area (Å²) in [6, 6.07) is 6.51. The average molecular weight is 299 g/mol. The van der Waals surface area contributed by atoms with E-state index in [0.29, 0.717) is 6.54 Å². The second kappa shape index (κ2) is 6.52. The molecule has 3 nitrogen and oxygen atoms in total. The van der Waals surface area contributed by atoms with Crippen molar-refractivity contribution in [3.05, 3.63) is 52.8 Å². The van der Waals surface area contributed by atoms with Gasteiger partial charge in [0.2, 0.25) is 0 Å². The van der Waals surface area contributed by atoms with E-state index in [2.05, 4.69) is 15.0 Å². The Balaban J connectivity index is 2.04. The van der Waals surface area contributed by atoms with Crippen molar-refractivity contribution in [3.63, 3.8) is 0 Å². The highest BCUT2D eigenvalue weighted by Gasteiger charge is 2.09. The van der Waals surface area contributed by atoms with Gasteiger partial charge in [-0.05, 0) is 42.3 Å². The number of nitrogens with zero attached hydrogens (tertiary/aromatic N) is 1. The van der Waals surface area contributed by atoms with E-state index in [0.717, 1.165) is 16.8 Å². The summed E-state index contributed by atoms with van der Waals surface area (Å²) in [5, 5.41) is 3.29. The van der Waals surface area contributed by atoms with E-state index in [4.69, 9.17) is 11.6 Å². The number of aryl methyl sites for hydroxylation is 1. The Morgan fingerprint density at radius 1 is 1.35 bits per heavy atom. The molecule has 1 aromatic heterocycles. The molecule has 0 aliphatic rings. The highest BCUT2D eigenvalue weighted by atomic mass is 35.5. The summed E-state index contributed by atoms with van der Waals surface area (Å²) in [6.45, 7) is -0.319. The van der Waals surface area contributed by atoms with Crippen molar-refractivity contribution in [3.8, 4) is 5.75 Å². The fourth-order valence-corrected chi connectivity index (χ4v) is 1.91. The monoisotopic (exact) mass is 298 g/mol. The fraction of sp³-hybridized carbons (Fsp3) is 0.214. The molecule has 0 saturated carbocycles. The Bertz CT molecular complexity index is 593. The Labute approximate surface area is 120 Å². The van der Waals surface area contributed by atoms with Crippen LogP contribution in [0.2, 0.25) is 5.02 Å². The van der Waals surface area contributed by atoms with E-state index in [1.165, 1.54) is 6.07 Å². The molecular formula is C14H13ClF2N2O. The molecule has 2 rings (SSSR count). The molecule has 106 valence electrons. The molecule has 2 aromatic rings. The molecule has 0 aliphatic carbocycles. The highest BCUT2D eigenvalue weighted by Crippen LogP contribution is 2.29. The maximum Gasteiger partial charge on any atom is 0.387 e. The standard InChI is InChI=1S/C14H13ClF2N2O/c1-9-4-5-18-7-10(9)8-19-11-2-3-13(12(15)6-11)20-14(16)17/h2-7,14,19H,8H2,1H3. The summed E-state index contributed by atoms with van der Waals surface area (Å²) in [7, 11) is 0. The van der Waals surface area contributed by atoms with E-state index in [9.17, 15) is 8.78 Å². The Morgan fingerprint density at radius 3 is 2.80 bits per heavy atom. The van der Waals surface area contributed by atoms with Crippen LogP contribution in [-0.2, 0) is 6.54 Å². The van der Waals surface area contributed by atoms with E-state index in [-0.39, 0.29) is 10.8 Å². The van der Waals surface area contributed by atoms with Crippen LogP contribution in [0.3, 0.4) is 0 Å². The minimum atomic E-state index is -2.88. The van der Waals surface area contributed by atoms with Crippen LogP contribution >= 0.6 is 11.6 Å². The van der Waals surface area contributed by atoms with Crippen molar-refractivity contribution in [2.24, 2.45) is 0 Å². The molecule has 0 radical (unpaired) electrons. The van der Waals surface area contributed by atoms with Crippen molar-refractivity contribution in [1.29, 1.82) is 0 Å². The number of hydrogen-bond donors (Lipinski definition) is 1. The Morgan fingerprint density at radius 2 is 2.15 bits per heavy atom. The smallest absolute Gasteiger partial charge is 0.387 e. The number of nitrogens with one attached hydrogen (secondary N) is 1. The lowest BCUT2D eigenvalue weighted by molar-refractivity contribution is -0.0497. The third kappa shape index (κ3) is 3.81. The molecule has 0 saturated heterocycles. The predicted molar refractivity (Wildman–Crippen MR) is 74.4 cm³/mol. The first-order valence-corrected chi connectivity index (χ1v) is 6.32. The van der Waals surface area contributed by atoms with Gasteiger partial charge in [-0.1, -0.05) is 11.6 Å². The number of anilines is 1. The highest BCUT2D eigenvalue weighted by molar-refractivity contribution is 6.32. The van der Waals surface area contributed by atoms with Crippen molar-refractivity contribution in [1.82, 2.24) is 4.98 Å². The number of benzene rings is 1. The van der Waals surface area contributed by atoms with Gasteiger partial charge in [-0.2, -0.15) is 8.78 Å². The van der Waals surface area contributed by atoms with Gasteiger partial charge in [-0.15, -0.1) is 0 Å². The van der Waals surface area contributed by atoms with Gasteiger partial charge < -0.3 is 10.1 Å². The van der Waals surface area contributed by atoms with Gasteiger partial charge in [0, 0.05) is 24.6 Å². The number of alkyl halides is 2. The first-order valence-electron chi connectivity index (χ1n) is 5.94. The third-order valence-electron chi connectivity index (χ3n) is 2.78. The van der Waals surface area contributed by atoms with Crippen molar-refractivity contribution in [2.45, 2.75) is 20.1 Å². The lowest BCUT2D eigenvalue weighted by Crippen LogP contribution is -2.04. The molecule has 0 fully saturated rings. The molecule has 1 heterocycles. The first-order chi connectivity index (χ1) is 9.56. The van der Waals surface area contributed by atoms with Gasteiger partial charge in [0.25, 0.3) is 0 Å². The van der Waals surface area contributed by atoms with Gasteiger partial charge in [0.15, 0.2) is 0 Å². The lowest BCUT2D eigenvalue weighted by atomic mass is 10.1. The summed E-state index contributed by atoms with van der Waals surface area (Å²) in [5.41, 5.74) is 2.90. The summed E-state index contributed by atoms with van der Waals surface area (Å²) in [6.07, 6.45) is 3.50. The summed E-state index contributed by atoms with van der Waals surface area (Å²) in [4.78, 5) is 4.05. The van der Waals surface area contributed by atoms with E-state index < -0.39 is 6.61 Å². The quantitative estimate of drug-likeness (QED) is 0.895. The van der Waals surface area contributed by atoms with Gasteiger partial charge >= 0.3 is 6.61 Å². The van der Waals surface area contributed by atoms with Crippen molar-refractivity contribution >= 4 is 17.3 Å². The maximum absolute atomic E-state index is 12.1. The molecule has 0 atom stereocenters. The normalized spacial score (nSPS) is 10.7. The van der Waals surface area contributed by atoms with E-state index in [1.54, 1.807) is 24.5 Å². The Hall–Kier alpha value is -1.88. The summed E-state index contributed by atoms with van der Waals surface area (Å²) < 4.78 is 28.5. The Kier molecular flexibility index (Phi) is 4.74. The van der Waals surface area contributed by atoms with Crippen LogP contribution in [0.4, 0.5) is 14.5 Å². The fourth-order valence-electron chi connectivity index (χ4n) is 1.68. The molecule has 20 heavy (non-hydrogen) atoms. The molecule has 0 amide bonds. The topological polar surface area (TPSA) is 34.2 Å². The van der Waals surface area contributed by atoms with E-state index >= 15 is 0 Å². The predicted octanol–water partition coefficient (Wildman–Crippen LogP) is 4.26. The van der Waals surface area contributed by atoms with Gasteiger partial charge in [-0.25, -0.2) is 0 Å². The second-order valence-electron chi connectivity index (χ2n) is 4.18. The maximum atomic E-state index is 12.1. The molecule has 1 N–H and O–H groups in total. The van der Waals surface area contributed by atoms with Crippen molar-refractivity contribution in [2.75, 3.05) is 5.32 Å². The molecule has 1 aromatic carbocycles. The van der Waals surface area contributed by atoms with E-state index in [1.807, 2.05) is 13.0 Å². The number of aromatic nitrogens is 1. The number of pyridine rings is 1. The van der Waals surface area contributed by atoms with Crippen LogP contribution in [0.5, 0.6) is 5.75 Å². The molecule has 0 aliphatic heterocycles. The van der Waals surface area contributed by atoms with Crippen LogP contribution in [0.25, 0.3) is 0 Å². The SMILES string of the molecule is Cc1ccncc1CNc1ccc(OC(F)F)c(Cl)c1. The minimum absolute atomic E-state index is 0.0372. The molecular weight excluding hydrogens is 286 g/mol. The lowest BCUT2D eigenvalue weighted by Gasteiger charge is -2.11. The minimum Gasteiger partial charge on any atom is -0.433 e. The molecule has 0 bridgehead atoms. The van der Waals surface area contributed by atoms with Crippen LogP contribution in [0.1, 0.15) is 11.1 Å². The van der Waals surface area contributed by atoms with Gasteiger partial charge in [0.05, 0.1) is 5.02 Å². The molecule has 0 unspecified atom stereocenters. The van der Waals surface area contributed by atoms with Crippen LogP contribution in [0.15, 0.2) is 36.7 Å². The third-order valence-corrected chi connectivity index (χ3v) is 3.07. The number of ether oxygens (including phenoxy) is 1. The van der Waals surface area contributed by atoms with Gasteiger partial charge in [-0.3, -0.25) is 4.98 Å². The van der Waals surface area contributed by atoms with Gasteiger partial charge in [0.1, 0.15) is 5.75 Å². The summed E-state index contributed by atoms with van der Waals surface area (Å²) in [5.74, 6) is -0.0372. The number of halogens is 3. The van der Waals surface area contributed by atoms with Crippen LogP contribution < -0.4 is 10.1 Å². The zero-order chi connectivity index (χ0) is 14.5. The van der Waals surface area contributed by atoms with Crippen LogP contribution in [-0.4, -0.2) is 11.6 Å². The van der Waals surface area contributed by atoms with Crippen molar-refractivity contribution < 1.29 is 13.5 Å². The largest absolute Gasteiger partial charge is 0.433 e. The number of hydrogen-bond acceptors (Lipinski definition) is 3. The number of rotatable bonds is 5. The zero-order valence-corrected chi connectivity index (χ0v) is 11.5. The first kappa shape index (κ1) is 14.5. The molecule has 6 heteroatoms.